The third kappa shape index (κ3) is 4.62. The number of hydrogen-bond acceptors (Lipinski definition) is 7. The Labute approximate surface area is 181 Å². The lowest BCUT2D eigenvalue weighted by molar-refractivity contribution is 0.126. The molecule has 0 aliphatic carbocycles. The molecule has 7 heteroatoms. The summed E-state index contributed by atoms with van der Waals surface area (Å²) in [6, 6.07) is 15.9. The molecule has 2 heterocycles. The number of ether oxygens (including phenoxy) is 1. The number of nitrogens with one attached hydrogen (secondary N) is 1. The quantitative estimate of drug-likeness (QED) is 0.246. The number of furan rings is 1. The molecular weight excluding hydrogens is 392 g/mol. The van der Waals surface area contributed by atoms with E-state index in [0.717, 1.165) is 51.2 Å². The number of rotatable bonds is 8. The van der Waals surface area contributed by atoms with Crippen LogP contribution in [0, 0.1) is 0 Å². The van der Waals surface area contributed by atoms with Crippen LogP contribution < -0.4 is 10.1 Å². The van der Waals surface area contributed by atoms with Gasteiger partial charge in [-0.25, -0.2) is 4.98 Å². The van der Waals surface area contributed by atoms with E-state index >= 15 is 0 Å². The van der Waals surface area contributed by atoms with Gasteiger partial charge in [0.2, 0.25) is 5.71 Å². The van der Waals surface area contributed by atoms with Crippen molar-refractivity contribution >= 4 is 39.1 Å². The van der Waals surface area contributed by atoms with E-state index in [9.17, 15) is 0 Å². The number of likely N-dealkylation sites (N-methyl/N-ethyl adjacent to an activating group) is 1. The van der Waals surface area contributed by atoms with Gasteiger partial charge in [-0.1, -0.05) is 17.3 Å². The maximum absolute atomic E-state index is 5.57. The highest BCUT2D eigenvalue weighted by atomic mass is 16.6. The zero-order valence-corrected chi connectivity index (χ0v) is 18.2. The molecule has 160 valence electrons. The molecule has 0 bridgehead atoms. The summed E-state index contributed by atoms with van der Waals surface area (Å²) in [6.45, 7) is 3.33. The van der Waals surface area contributed by atoms with Gasteiger partial charge in [-0.15, -0.1) is 0 Å². The van der Waals surface area contributed by atoms with Crippen LogP contribution >= 0.6 is 0 Å². The van der Waals surface area contributed by atoms with Gasteiger partial charge in [0.05, 0.1) is 35.7 Å². The van der Waals surface area contributed by atoms with Crippen molar-refractivity contribution < 1.29 is 14.0 Å². The summed E-state index contributed by atoms with van der Waals surface area (Å²) in [5.41, 5.74) is 5.13. The zero-order chi connectivity index (χ0) is 21.8. The van der Waals surface area contributed by atoms with Crippen molar-refractivity contribution in [3.63, 3.8) is 0 Å². The molecule has 7 nitrogen and oxygen atoms in total. The smallest absolute Gasteiger partial charge is 0.228 e. The van der Waals surface area contributed by atoms with Crippen LogP contribution in [-0.4, -0.2) is 50.0 Å². The summed E-state index contributed by atoms with van der Waals surface area (Å²) in [5, 5.41) is 9.65. The molecule has 2 aromatic heterocycles. The molecule has 0 radical (unpaired) electrons. The average molecular weight is 418 g/mol. The minimum Gasteiger partial charge on any atom is -0.497 e. The largest absolute Gasteiger partial charge is 0.497 e. The maximum Gasteiger partial charge on any atom is 0.228 e. The minimum absolute atomic E-state index is 0.560. The lowest BCUT2D eigenvalue weighted by Gasteiger charge is -2.12. The highest BCUT2D eigenvalue weighted by Crippen LogP contribution is 2.35. The monoisotopic (exact) mass is 418 g/mol. The lowest BCUT2D eigenvalue weighted by atomic mass is 10.1. The Morgan fingerprint density at radius 2 is 1.90 bits per heavy atom. The summed E-state index contributed by atoms with van der Waals surface area (Å²) in [5.74, 6) is 0.753. The number of anilines is 2. The highest BCUT2D eigenvalue weighted by Gasteiger charge is 2.13. The molecule has 2 aromatic carbocycles. The van der Waals surface area contributed by atoms with Crippen molar-refractivity contribution in [2.75, 3.05) is 39.7 Å². The van der Waals surface area contributed by atoms with Gasteiger partial charge in [0, 0.05) is 23.7 Å². The molecule has 0 spiro atoms. The first-order valence-electron chi connectivity index (χ1n) is 10.1. The fourth-order valence-corrected chi connectivity index (χ4v) is 3.27. The van der Waals surface area contributed by atoms with Crippen molar-refractivity contribution in [1.82, 2.24) is 9.88 Å². The fourth-order valence-electron chi connectivity index (χ4n) is 3.27. The number of hydrogen-bond donors (Lipinski definition) is 1. The molecule has 4 aromatic rings. The van der Waals surface area contributed by atoms with Gasteiger partial charge in [0.1, 0.15) is 12.4 Å². The lowest BCUT2D eigenvalue weighted by Crippen LogP contribution is -2.17. The van der Waals surface area contributed by atoms with Gasteiger partial charge in [-0.3, -0.25) is 0 Å². The Morgan fingerprint density at radius 1 is 1.10 bits per heavy atom. The third-order valence-corrected chi connectivity index (χ3v) is 5.01. The maximum atomic E-state index is 5.57. The Hall–Kier alpha value is -3.58. The molecule has 0 aliphatic rings. The van der Waals surface area contributed by atoms with E-state index in [0.29, 0.717) is 12.3 Å². The molecule has 0 unspecified atom stereocenters. The van der Waals surface area contributed by atoms with Gasteiger partial charge >= 0.3 is 0 Å². The van der Waals surface area contributed by atoms with Crippen LogP contribution in [0.1, 0.15) is 12.5 Å². The van der Waals surface area contributed by atoms with Gasteiger partial charge in [0.15, 0.2) is 0 Å². The number of pyridine rings is 1. The van der Waals surface area contributed by atoms with Crippen molar-refractivity contribution in [2.45, 2.75) is 6.92 Å². The standard InChI is InChI=1S/C24H26N4O3/c1-16(27-31-14-12-28(2)3)17-5-7-18(8-6-17)25-23-20-10-9-19(29-4)15-22(20)26-24-21(23)11-13-30-24/h5-11,13,15H,12,14H2,1-4H3,(H,25,26)/b27-16+. The molecule has 0 fully saturated rings. The topological polar surface area (TPSA) is 72.1 Å². The van der Waals surface area contributed by atoms with E-state index in [1.165, 1.54) is 0 Å². The molecule has 31 heavy (non-hydrogen) atoms. The van der Waals surface area contributed by atoms with Crippen LogP contribution in [0.4, 0.5) is 11.4 Å². The number of methoxy groups -OCH3 is 1. The second kappa shape index (κ2) is 9.06. The Balaban J connectivity index is 1.59. The van der Waals surface area contributed by atoms with Crippen LogP contribution in [0.25, 0.3) is 22.0 Å². The summed E-state index contributed by atoms with van der Waals surface area (Å²) in [7, 11) is 5.66. The van der Waals surface area contributed by atoms with Crippen molar-refractivity contribution in [3.8, 4) is 5.75 Å². The second-order valence-electron chi connectivity index (χ2n) is 7.52. The van der Waals surface area contributed by atoms with Crippen molar-refractivity contribution in [1.29, 1.82) is 0 Å². The summed E-state index contributed by atoms with van der Waals surface area (Å²) >= 11 is 0. The van der Waals surface area contributed by atoms with Gasteiger partial charge in [-0.05, 0) is 56.9 Å². The number of oxime groups is 1. The van der Waals surface area contributed by atoms with E-state index in [1.807, 2.05) is 69.6 Å². The Bertz CT molecular complexity index is 1210. The van der Waals surface area contributed by atoms with E-state index in [2.05, 4.69) is 20.4 Å². The normalized spacial score (nSPS) is 12.0. The average Bonchev–Trinajstić information content (AvgIpc) is 3.24. The first-order chi connectivity index (χ1) is 15.0. The minimum atomic E-state index is 0.560. The van der Waals surface area contributed by atoms with Crippen LogP contribution in [0.2, 0.25) is 0 Å². The van der Waals surface area contributed by atoms with Crippen LogP contribution in [0.15, 0.2) is 64.4 Å². The van der Waals surface area contributed by atoms with Crippen LogP contribution in [0.3, 0.4) is 0 Å². The first-order valence-corrected chi connectivity index (χ1v) is 10.1. The Morgan fingerprint density at radius 3 is 2.65 bits per heavy atom. The number of fused-ring (bicyclic) bond motifs is 2. The van der Waals surface area contributed by atoms with Crippen molar-refractivity contribution in [3.05, 3.63) is 60.4 Å². The first kappa shape index (κ1) is 20.7. The number of benzene rings is 2. The molecule has 0 saturated carbocycles. The molecule has 0 amide bonds. The SMILES string of the molecule is COc1ccc2c(Nc3ccc(/C(C)=N/OCCN(C)C)cc3)c3ccoc3nc2c1. The van der Waals surface area contributed by atoms with E-state index in [1.54, 1.807) is 13.4 Å². The molecule has 1 N–H and O–H groups in total. The van der Waals surface area contributed by atoms with Gasteiger partial charge in [0.25, 0.3) is 0 Å². The fraction of sp³-hybridized carbons (Fsp3) is 0.250. The van der Waals surface area contributed by atoms with Crippen LogP contribution in [0.5, 0.6) is 5.75 Å². The predicted octanol–water partition coefficient (Wildman–Crippen LogP) is 5.04. The van der Waals surface area contributed by atoms with Crippen molar-refractivity contribution in [2.24, 2.45) is 5.16 Å². The number of nitrogens with zero attached hydrogens (tertiary/aromatic N) is 3. The molecule has 4 rings (SSSR count). The van der Waals surface area contributed by atoms with Gasteiger partial charge in [-0.2, -0.15) is 0 Å². The third-order valence-electron chi connectivity index (χ3n) is 5.01. The van der Waals surface area contributed by atoms with E-state index < -0.39 is 0 Å². The van der Waals surface area contributed by atoms with E-state index in [-0.39, 0.29) is 0 Å². The van der Waals surface area contributed by atoms with Crippen LogP contribution in [-0.2, 0) is 4.84 Å². The highest BCUT2D eigenvalue weighted by molar-refractivity contribution is 6.07. The predicted molar refractivity (Wildman–Crippen MR) is 125 cm³/mol. The Kier molecular flexibility index (Phi) is 6.04. The van der Waals surface area contributed by atoms with E-state index in [4.69, 9.17) is 14.0 Å². The summed E-state index contributed by atoms with van der Waals surface area (Å²) < 4.78 is 10.9. The number of aromatic nitrogens is 1. The summed E-state index contributed by atoms with van der Waals surface area (Å²) in [4.78, 5) is 12.1. The molecule has 0 aliphatic heterocycles. The zero-order valence-electron chi connectivity index (χ0n) is 18.2. The molecular formula is C24H26N4O3. The summed E-state index contributed by atoms with van der Waals surface area (Å²) in [6.07, 6.45) is 1.65. The van der Waals surface area contributed by atoms with Gasteiger partial charge < -0.3 is 24.2 Å². The molecule has 0 saturated heterocycles. The molecule has 0 atom stereocenters. The second-order valence-corrected chi connectivity index (χ2v) is 7.52.